The van der Waals surface area contributed by atoms with Crippen molar-refractivity contribution in [2.24, 2.45) is 0 Å². The topological polar surface area (TPSA) is 127 Å². The Morgan fingerprint density at radius 3 is 2.62 bits per heavy atom. The number of aliphatic hydroxyl groups is 3. The van der Waals surface area contributed by atoms with Gasteiger partial charge in [-0.15, -0.1) is 0 Å². The van der Waals surface area contributed by atoms with E-state index in [4.69, 9.17) is 22.1 Å². The Kier molecular flexibility index (Phi) is 4.71. The number of halogens is 3. The van der Waals surface area contributed by atoms with Crippen LogP contribution in [0.3, 0.4) is 0 Å². The average molecular weight is 427 g/mol. The SMILES string of the molecule is CC(O)(c1ccc(F)c(Cl)c1)[C@H]1O[C@@H](n2cc(F)c3c(N)ncnc32)[C@H](O)[C@@H]1O. The molecule has 1 aliphatic rings. The molecule has 1 aliphatic heterocycles. The highest BCUT2D eigenvalue weighted by Gasteiger charge is 2.52. The normalized spacial score (nSPS) is 26.7. The van der Waals surface area contributed by atoms with Gasteiger partial charge in [-0.3, -0.25) is 0 Å². The van der Waals surface area contributed by atoms with Crippen molar-refractivity contribution in [3.8, 4) is 0 Å². The van der Waals surface area contributed by atoms with E-state index in [-0.39, 0.29) is 27.4 Å². The minimum atomic E-state index is -1.86. The van der Waals surface area contributed by atoms with Crippen molar-refractivity contribution < 1.29 is 28.8 Å². The van der Waals surface area contributed by atoms with Crippen molar-refractivity contribution in [2.45, 2.75) is 37.1 Å². The Labute approximate surface area is 168 Å². The fourth-order valence-corrected chi connectivity index (χ4v) is 3.77. The lowest BCUT2D eigenvalue weighted by Gasteiger charge is -2.32. The molecule has 2 aromatic heterocycles. The summed E-state index contributed by atoms with van der Waals surface area (Å²) in [6.45, 7) is 1.33. The molecule has 5 atom stereocenters. The smallest absolute Gasteiger partial charge is 0.164 e. The molecule has 1 saturated heterocycles. The van der Waals surface area contributed by atoms with Crippen molar-refractivity contribution in [2.75, 3.05) is 5.73 Å². The summed E-state index contributed by atoms with van der Waals surface area (Å²) in [6.07, 6.45) is -3.57. The van der Waals surface area contributed by atoms with Crippen LogP contribution in [0.2, 0.25) is 5.02 Å². The van der Waals surface area contributed by atoms with Gasteiger partial charge in [-0.25, -0.2) is 18.7 Å². The van der Waals surface area contributed by atoms with Gasteiger partial charge in [0.25, 0.3) is 0 Å². The van der Waals surface area contributed by atoms with Gasteiger partial charge in [0.2, 0.25) is 0 Å². The lowest BCUT2D eigenvalue weighted by Crippen LogP contribution is -2.45. The van der Waals surface area contributed by atoms with E-state index in [1.807, 2.05) is 0 Å². The summed E-state index contributed by atoms with van der Waals surface area (Å²) < 4.78 is 34.7. The molecule has 0 aliphatic carbocycles. The predicted molar refractivity (Wildman–Crippen MR) is 98.8 cm³/mol. The number of benzene rings is 1. The zero-order valence-electron chi connectivity index (χ0n) is 15.0. The number of fused-ring (bicyclic) bond motifs is 1. The van der Waals surface area contributed by atoms with Gasteiger partial charge in [0.1, 0.15) is 41.9 Å². The van der Waals surface area contributed by atoms with E-state index >= 15 is 0 Å². The second-order valence-electron chi connectivity index (χ2n) is 7.05. The van der Waals surface area contributed by atoms with Crippen LogP contribution in [0.15, 0.2) is 30.7 Å². The molecule has 8 nitrogen and oxygen atoms in total. The van der Waals surface area contributed by atoms with Gasteiger partial charge in [-0.2, -0.15) is 0 Å². The number of nitrogen functional groups attached to an aromatic ring is 1. The van der Waals surface area contributed by atoms with E-state index in [9.17, 15) is 24.1 Å². The van der Waals surface area contributed by atoms with E-state index in [2.05, 4.69) is 9.97 Å². The molecule has 0 spiro atoms. The first kappa shape index (κ1) is 19.9. The maximum atomic E-state index is 14.3. The van der Waals surface area contributed by atoms with Crippen LogP contribution >= 0.6 is 11.6 Å². The monoisotopic (exact) mass is 426 g/mol. The number of nitrogens with zero attached hydrogens (tertiary/aromatic N) is 3. The quantitative estimate of drug-likeness (QED) is 0.499. The second-order valence-corrected chi connectivity index (χ2v) is 7.45. The zero-order chi connectivity index (χ0) is 21.1. The number of aromatic nitrogens is 3. The summed E-state index contributed by atoms with van der Waals surface area (Å²) >= 11 is 5.79. The van der Waals surface area contributed by atoms with Gasteiger partial charge in [0.15, 0.2) is 17.7 Å². The van der Waals surface area contributed by atoms with Crippen molar-refractivity contribution in [3.05, 3.63) is 52.9 Å². The molecule has 3 heterocycles. The molecule has 1 aromatic carbocycles. The molecular weight excluding hydrogens is 410 g/mol. The minimum absolute atomic E-state index is 0.0522. The first-order valence-corrected chi connectivity index (χ1v) is 8.96. The van der Waals surface area contributed by atoms with Gasteiger partial charge in [-0.05, 0) is 24.6 Å². The Morgan fingerprint density at radius 1 is 1.21 bits per heavy atom. The van der Waals surface area contributed by atoms with Crippen LogP contribution in [0.4, 0.5) is 14.6 Å². The summed E-state index contributed by atoms with van der Waals surface area (Å²) in [5, 5.41) is 31.8. The number of aliphatic hydroxyl groups excluding tert-OH is 2. The highest BCUT2D eigenvalue weighted by Crippen LogP contribution is 2.41. The third-order valence-electron chi connectivity index (χ3n) is 5.16. The Bertz CT molecular complexity index is 1090. The predicted octanol–water partition coefficient (Wildman–Crippen LogP) is 1.47. The van der Waals surface area contributed by atoms with Gasteiger partial charge in [0.05, 0.1) is 10.4 Å². The Balaban J connectivity index is 1.73. The maximum Gasteiger partial charge on any atom is 0.164 e. The summed E-state index contributed by atoms with van der Waals surface area (Å²) in [6, 6.07) is 3.55. The molecule has 1 unspecified atom stereocenters. The van der Waals surface area contributed by atoms with Crippen molar-refractivity contribution in [1.82, 2.24) is 14.5 Å². The number of hydrogen-bond acceptors (Lipinski definition) is 7. The van der Waals surface area contributed by atoms with Crippen LogP contribution in [0.25, 0.3) is 11.0 Å². The lowest BCUT2D eigenvalue weighted by atomic mass is 9.87. The molecule has 0 radical (unpaired) electrons. The minimum Gasteiger partial charge on any atom is -0.387 e. The largest absolute Gasteiger partial charge is 0.387 e. The van der Waals surface area contributed by atoms with Crippen molar-refractivity contribution in [1.29, 1.82) is 0 Å². The molecule has 5 N–H and O–H groups in total. The number of nitrogens with two attached hydrogens (primary N) is 1. The summed E-state index contributed by atoms with van der Waals surface area (Å²) in [5.41, 5.74) is 4.05. The molecule has 154 valence electrons. The van der Waals surface area contributed by atoms with Crippen LogP contribution in [-0.4, -0.2) is 48.2 Å². The van der Waals surface area contributed by atoms with E-state index < -0.39 is 41.8 Å². The fraction of sp³-hybridized carbons (Fsp3) is 0.333. The first-order valence-electron chi connectivity index (χ1n) is 8.59. The molecule has 11 heteroatoms. The first-order chi connectivity index (χ1) is 13.6. The third kappa shape index (κ3) is 3.04. The van der Waals surface area contributed by atoms with Crippen molar-refractivity contribution in [3.63, 3.8) is 0 Å². The van der Waals surface area contributed by atoms with E-state index in [0.29, 0.717) is 0 Å². The molecule has 0 bridgehead atoms. The van der Waals surface area contributed by atoms with E-state index in [0.717, 1.165) is 18.6 Å². The highest BCUT2D eigenvalue weighted by atomic mass is 35.5. The number of ether oxygens (including phenoxy) is 1. The van der Waals surface area contributed by atoms with E-state index in [1.54, 1.807) is 0 Å². The number of anilines is 1. The van der Waals surface area contributed by atoms with E-state index in [1.165, 1.54) is 23.6 Å². The average Bonchev–Trinajstić information content (AvgIpc) is 3.16. The highest BCUT2D eigenvalue weighted by molar-refractivity contribution is 6.30. The van der Waals surface area contributed by atoms with Gasteiger partial charge in [-0.1, -0.05) is 17.7 Å². The zero-order valence-corrected chi connectivity index (χ0v) is 15.8. The molecular formula is C18H17ClF2N4O4. The number of hydrogen-bond donors (Lipinski definition) is 4. The van der Waals surface area contributed by atoms with Crippen LogP contribution < -0.4 is 5.73 Å². The van der Waals surface area contributed by atoms with Crippen molar-refractivity contribution >= 4 is 28.5 Å². The summed E-state index contributed by atoms with van der Waals surface area (Å²) in [4.78, 5) is 7.70. The second kappa shape index (κ2) is 6.85. The van der Waals surface area contributed by atoms with Gasteiger partial charge < -0.3 is 30.4 Å². The lowest BCUT2D eigenvalue weighted by molar-refractivity contribution is -0.135. The Morgan fingerprint density at radius 2 is 1.93 bits per heavy atom. The van der Waals surface area contributed by atoms with Crippen LogP contribution in [0, 0.1) is 11.6 Å². The number of rotatable bonds is 3. The summed E-state index contributed by atoms with van der Waals surface area (Å²) in [5.74, 6) is -1.50. The van der Waals surface area contributed by atoms with Crippen LogP contribution in [0.5, 0.6) is 0 Å². The molecule has 4 rings (SSSR count). The third-order valence-corrected chi connectivity index (χ3v) is 5.45. The maximum absolute atomic E-state index is 14.3. The summed E-state index contributed by atoms with van der Waals surface area (Å²) in [7, 11) is 0. The van der Waals surface area contributed by atoms with Gasteiger partial charge in [0, 0.05) is 6.20 Å². The van der Waals surface area contributed by atoms with Gasteiger partial charge >= 0.3 is 0 Å². The fourth-order valence-electron chi connectivity index (χ4n) is 3.59. The molecule has 3 aromatic rings. The van der Waals surface area contributed by atoms with Crippen LogP contribution in [-0.2, 0) is 10.3 Å². The molecule has 29 heavy (non-hydrogen) atoms. The molecule has 1 fully saturated rings. The van der Waals surface area contributed by atoms with Crippen LogP contribution in [0.1, 0.15) is 18.7 Å². The molecule has 0 amide bonds. The Hall–Kier alpha value is -2.37. The molecule has 0 saturated carbocycles. The standard InChI is InChI=1S/C18H17ClF2N4O4/c1-18(28,7-2-3-9(20)8(19)4-7)14-12(26)13(27)17(29-14)25-5-10(21)11-15(22)23-6-24-16(11)25/h2-6,12-14,17,26-28H,1H3,(H2,22,23,24)/t12-,13+,14-,17+,18?/m0/s1.